The molecule has 2 aromatic heterocycles. The molecule has 0 N–H and O–H groups in total. The largest absolute Gasteiger partial charge is 0.469 e. The van der Waals surface area contributed by atoms with E-state index in [9.17, 15) is 4.79 Å². The van der Waals surface area contributed by atoms with Crippen LogP contribution in [-0.2, 0) is 13.1 Å². The van der Waals surface area contributed by atoms with Crippen LogP contribution in [0.15, 0.2) is 33.3 Å². The fourth-order valence-corrected chi connectivity index (χ4v) is 1.73. The molecule has 0 unspecified atom stereocenters. The molecule has 0 spiro atoms. The van der Waals surface area contributed by atoms with E-state index in [-0.39, 0.29) is 0 Å². The van der Waals surface area contributed by atoms with Gasteiger partial charge in [0.15, 0.2) is 12.0 Å². The van der Waals surface area contributed by atoms with Gasteiger partial charge in [-0.2, -0.15) is 0 Å². The van der Waals surface area contributed by atoms with Crippen molar-refractivity contribution in [2.24, 2.45) is 0 Å². The lowest BCUT2D eigenvalue weighted by Crippen LogP contribution is -2.16. The first kappa shape index (κ1) is 11.7. The molecule has 0 aliphatic carbocycles. The Bertz CT molecular complexity index is 498. The van der Waals surface area contributed by atoms with Gasteiger partial charge in [0.05, 0.1) is 12.8 Å². The third-order valence-electron chi connectivity index (χ3n) is 2.63. The lowest BCUT2D eigenvalue weighted by atomic mass is 10.2. The summed E-state index contributed by atoms with van der Waals surface area (Å²) in [6, 6.07) is 5.46. The number of carbonyl (C=O) groups is 1. The number of aldehydes is 1. The van der Waals surface area contributed by atoms with Crippen LogP contribution in [0.1, 0.15) is 27.6 Å². The minimum atomic E-state index is 0.368. The zero-order chi connectivity index (χ0) is 12.3. The van der Waals surface area contributed by atoms with E-state index in [2.05, 4.69) is 4.90 Å². The van der Waals surface area contributed by atoms with Gasteiger partial charge >= 0.3 is 0 Å². The van der Waals surface area contributed by atoms with Crippen molar-refractivity contribution in [3.8, 4) is 0 Å². The Morgan fingerprint density at radius 3 is 2.71 bits per heavy atom. The molecule has 2 aromatic rings. The SMILES string of the molecule is Cc1occc1CN(C)Cc1ccc(C=O)o1. The minimum Gasteiger partial charge on any atom is -0.469 e. The summed E-state index contributed by atoms with van der Waals surface area (Å²) in [6.07, 6.45) is 2.40. The van der Waals surface area contributed by atoms with E-state index in [1.54, 1.807) is 12.3 Å². The van der Waals surface area contributed by atoms with Gasteiger partial charge in [0.25, 0.3) is 0 Å². The zero-order valence-electron chi connectivity index (χ0n) is 9.97. The number of rotatable bonds is 5. The molecule has 0 bridgehead atoms. The second-order valence-corrected chi connectivity index (χ2v) is 4.10. The van der Waals surface area contributed by atoms with E-state index in [1.807, 2.05) is 26.1 Å². The number of hydrogen-bond donors (Lipinski definition) is 0. The number of hydrogen-bond acceptors (Lipinski definition) is 4. The number of furan rings is 2. The molecule has 2 rings (SSSR count). The third-order valence-corrected chi connectivity index (χ3v) is 2.63. The van der Waals surface area contributed by atoms with Crippen molar-refractivity contribution in [2.75, 3.05) is 7.05 Å². The second kappa shape index (κ2) is 5.01. The predicted octanol–water partition coefficient (Wildman–Crippen LogP) is 2.63. The maximum atomic E-state index is 10.5. The van der Waals surface area contributed by atoms with Crippen molar-refractivity contribution < 1.29 is 13.6 Å². The van der Waals surface area contributed by atoms with Crippen molar-refractivity contribution in [2.45, 2.75) is 20.0 Å². The van der Waals surface area contributed by atoms with Crippen molar-refractivity contribution >= 4 is 6.29 Å². The summed E-state index contributed by atoms with van der Waals surface area (Å²) in [5.74, 6) is 2.09. The highest BCUT2D eigenvalue weighted by atomic mass is 16.3. The summed E-state index contributed by atoms with van der Waals surface area (Å²) < 4.78 is 10.6. The van der Waals surface area contributed by atoms with Crippen LogP contribution in [0.2, 0.25) is 0 Å². The average Bonchev–Trinajstić information content (AvgIpc) is 2.89. The second-order valence-electron chi connectivity index (χ2n) is 4.10. The van der Waals surface area contributed by atoms with E-state index in [1.165, 1.54) is 0 Å². The maximum absolute atomic E-state index is 10.5. The molecule has 90 valence electrons. The Kier molecular flexibility index (Phi) is 3.44. The van der Waals surface area contributed by atoms with E-state index in [0.717, 1.165) is 23.6 Å². The average molecular weight is 233 g/mol. The van der Waals surface area contributed by atoms with E-state index in [0.29, 0.717) is 18.6 Å². The van der Waals surface area contributed by atoms with Crippen LogP contribution in [0, 0.1) is 6.92 Å². The molecular weight excluding hydrogens is 218 g/mol. The Morgan fingerprint density at radius 1 is 1.29 bits per heavy atom. The van der Waals surface area contributed by atoms with Gasteiger partial charge in [-0.15, -0.1) is 0 Å². The fourth-order valence-electron chi connectivity index (χ4n) is 1.73. The van der Waals surface area contributed by atoms with Crippen molar-refractivity contribution in [3.05, 3.63) is 47.3 Å². The summed E-state index contributed by atoms with van der Waals surface area (Å²) in [5.41, 5.74) is 1.16. The lowest BCUT2D eigenvalue weighted by molar-refractivity contribution is 0.109. The molecular formula is C13H15NO3. The normalized spacial score (nSPS) is 11.0. The molecule has 0 atom stereocenters. The Morgan fingerprint density at radius 2 is 2.12 bits per heavy atom. The first-order chi connectivity index (χ1) is 8.19. The first-order valence-electron chi connectivity index (χ1n) is 5.44. The van der Waals surface area contributed by atoms with Gasteiger partial charge in [0.2, 0.25) is 0 Å². The van der Waals surface area contributed by atoms with Crippen LogP contribution in [-0.4, -0.2) is 18.2 Å². The van der Waals surface area contributed by atoms with Gasteiger partial charge in [-0.1, -0.05) is 0 Å². The zero-order valence-corrected chi connectivity index (χ0v) is 9.97. The van der Waals surface area contributed by atoms with Crippen LogP contribution in [0.3, 0.4) is 0 Å². The number of nitrogens with zero attached hydrogens (tertiary/aromatic N) is 1. The number of carbonyl (C=O) groups excluding carboxylic acids is 1. The number of aryl methyl sites for hydroxylation is 1. The van der Waals surface area contributed by atoms with Crippen molar-refractivity contribution in [1.29, 1.82) is 0 Å². The van der Waals surface area contributed by atoms with Gasteiger partial charge < -0.3 is 8.83 Å². The van der Waals surface area contributed by atoms with Crippen LogP contribution >= 0.6 is 0 Å². The van der Waals surface area contributed by atoms with Crippen molar-refractivity contribution in [3.63, 3.8) is 0 Å². The molecule has 0 saturated carbocycles. The molecule has 0 aromatic carbocycles. The maximum Gasteiger partial charge on any atom is 0.185 e. The lowest BCUT2D eigenvalue weighted by Gasteiger charge is -2.14. The predicted molar refractivity (Wildman–Crippen MR) is 62.7 cm³/mol. The highest BCUT2D eigenvalue weighted by Gasteiger charge is 2.08. The Balaban J connectivity index is 1.95. The molecule has 4 heteroatoms. The molecule has 17 heavy (non-hydrogen) atoms. The van der Waals surface area contributed by atoms with E-state index in [4.69, 9.17) is 8.83 Å². The quantitative estimate of drug-likeness (QED) is 0.745. The molecule has 2 heterocycles. The van der Waals surface area contributed by atoms with Gasteiger partial charge in [-0.25, -0.2) is 0 Å². The van der Waals surface area contributed by atoms with Gasteiger partial charge in [0.1, 0.15) is 11.5 Å². The summed E-state index contributed by atoms with van der Waals surface area (Å²) in [5, 5.41) is 0. The smallest absolute Gasteiger partial charge is 0.185 e. The fraction of sp³-hybridized carbons (Fsp3) is 0.308. The van der Waals surface area contributed by atoms with Crippen molar-refractivity contribution in [1.82, 2.24) is 4.90 Å². The molecule has 0 aliphatic heterocycles. The molecule has 0 aliphatic rings. The van der Waals surface area contributed by atoms with E-state index < -0.39 is 0 Å². The summed E-state index contributed by atoms with van der Waals surface area (Å²) in [4.78, 5) is 12.6. The monoisotopic (exact) mass is 233 g/mol. The van der Waals surface area contributed by atoms with Crippen LogP contribution in [0.25, 0.3) is 0 Å². The minimum absolute atomic E-state index is 0.368. The summed E-state index contributed by atoms with van der Waals surface area (Å²) >= 11 is 0. The molecule has 4 nitrogen and oxygen atoms in total. The standard InChI is InChI=1S/C13H15NO3/c1-10-11(5-6-16-10)7-14(2)8-12-3-4-13(9-15)17-12/h3-6,9H,7-8H2,1-2H3. The summed E-state index contributed by atoms with van der Waals surface area (Å²) in [6.45, 7) is 3.40. The van der Waals surface area contributed by atoms with Gasteiger partial charge in [-0.3, -0.25) is 9.69 Å². The van der Waals surface area contributed by atoms with Crippen LogP contribution in [0.5, 0.6) is 0 Å². The van der Waals surface area contributed by atoms with Gasteiger partial charge in [0, 0.05) is 12.1 Å². The molecule has 0 radical (unpaired) electrons. The third kappa shape index (κ3) is 2.85. The highest BCUT2D eigenvalue weighted by Crippen LogP contribution is 2.14. The van der Waals surface area contributed by atoms with Crippen LogP contribution < -0.4 is 0 Å². The molecule has 0 amide bonds. The van der Waals surface area contributed by atoms with E-state index >= 15 is 0 Å². The first-order valence-corrected chi connectivity index (χ1v) is 5.44. The molecule has 0 fully saturated rings. The Hall–Kier alpha value is -1.81. The van der Waals surface area contributed by atoms with Gasteiger partial charge in [-0.05, 0) is 32.2 Å². The highest BCUT2D eigenvalue weighted by molar-refractivity contribution is 5.70. The molecule has 0 saturated heterocycles. The van der Waals surface area contributed by atoms with Crippen LogP contribution in [0.4, 0.5) is 0 Å². The topological polar surface area (TPSA) is 46.6 Å². The Labute approximate surface area is 99.8 Å². The summed E-state index contributed by atoms with van der Waals surface area (Å²) in [7, 11) is 2.00.